The molecule has 1 aromatic heterocycles. The molecule has 25 heavy (non-hydrogen) atoms. The lowest BCUT2D eigenvalue weighted by Gasteiger charge is -2.06. The zero-order valence-electron chi connectivity index (χ0n) is 13.6. The fourth-order valence-electron chi connectivity index (χ4n) is 2.39. The molecule has 126 valence electrons. The van der Waals surface area contributed by atoms with Crippen LogP contribution in [0.3, 0.4) is 0 Å². The van der Waals surface area contributed by atoms with Crippen LogP contribution in [0.5, 0.6) is 5.75 Å². The summed E-state index contributed by atoms with van der Waals surface area (Å²) in [6.45, 7) is -0.0103. The predicted molar refractivity (Wildman–Crippen MR) is 96.8 cm³/mol. The molecule has 3 rings (SSSR count). The predicted octanol–water partition coefficient (Wildman–Crippen LogP) is 2.57. The summed E-state index contributed by atoms with van der Waals surface area (Å²) in [6.07, 6.45) is 1.57. The van der Waals surface area contributed by atoms with Crippen molar-refractivity contribution in [3.05, 3.63) is 66.4 Å². The van der Waals surface area contributed by atoms with Crippen LogP contribution in [0.4, 0.5) is 0 Å². The van der Waals surface area contributed by atoms with E-state index in [0.29, 0.717) is 16.8 Å². The minimum atomic E-state index is -3.70. The highest BCUT2D eigenvalue weighted by molar-refractivity contribution is 7.89. The zero-order chi connectivity index (χ0) is 17.7. The lowest BCUT2D eigenvalue weighted by atomic mass is 10.2. The van der Waals surface area contributed by atoms with Crippen molar-refractivity contribution in [2.45, 2.75) is 4.90 Å². The third-order valence-electron chi connectivity index (χ3n) is 3.57. The molecular formula is C19H16N2O3S. The molecule has 1 heterocycles. The van der Waals surface area contributed by atoms with E-state index in [1.54, 1.807) is 31.5 Å². The van der Waals surface area contributed by atoms with Crippen LogP contribution in [-0.4, -0.2) is 27.1 Å². The van der Waals surface area contributed by atoms with Crippen molar-refractivity contribution in [1.82, 2.24) is 9.71 Å². The van der Waals surface area contributed by atoms with E-state index in [2.05, 4.69) is 21.5 Å². The molecule has 0 spiro atoms. The third kappa shape index (κ3) is 3.79. The Morgan fingerprint density at radius 3 is 2.72 bits per heavy atom. The molecule has 0 radical (unpaired) electrons. The van der Waals surface area contributed by atoms with Gasteiger partial charge in [0.25, 0.3) is 0 Å². The number of sulfonamides is 1. The van der Waals surface area contributed by atoms with Crippen molar-refractivity contribution in [3.63, 3.8) is 0 Å². The number of aromatic nitrogens is 1. The molecule has 5 nitrogen and oxygen atoms in total. The van der Waals surface area contributed by atoms with Crippen LogP contribution < -0.4 is 9.46 Å². The van der Waals surface area contributed by atoms with Gasteiger partial charge in [-0.25, -0.2) is 8.42 Å². The molecule has 0 atom stereocenters. The van der Waals surface area contributed by atoms with Gasteiger partial charge >= 0.3 is 0 Å². The first-order chi connectivity index (χ1) is 12.1. The van der Waals surface area contributed by atoms with Crippen LogP contribution >= 0.6 is 0 Å². The largest absolute Gasteiger partial charge is 0.495 e. The van der Waals surface area contributed by atoms with Gasteiger partial charge in [-0.05, 0) is 24.3 Å². The van der Waals surface area contributed by atoms with Crippen LogP contribution in [0.1, 0.15) is 5.56 Å². The van der Waals surface area contributed by atoms with E-state index in [9.17, 15) is 8.42 Å². The van der Waals surface area contributed by atoms with E-state index in [4.69, 9.17) is 4.74 Å². The smallest absolute Gasteiger partial charge is 0.243 e. The topological polar surface area (TPSA) is 68.3 Å². The molecule has 0 amide bonds. The van der Waals surface area contributed by atoms with Gasteiger partial charge in [0, 0.05) is 11.6 Å². The quantitative estimate of drug-likeness (QED) is 0.733. The second-order valence-electron chi connectivity index (χ2n) is 5.16. The van der Waals surface area contributed by atoms with Gasteiger partial charge in [-0.3, -0.25) is 4.98 Å². The van der Waals surface area contributed by atoms with Crippen molar-refractivity contribution in [2.24, 2.45) is 0 Å². The van der Waals surface area contributed by atoms with Crippen molar-refractivity contribution < 1.29 is 13.2 Å². The monoisotopic (exact) mass is 352 g/mol. The number of pyridine rings is 1. The minimum absolute atomic E-state index is 0.0103. The fourth-order valence-corrected chi connectivity index (χ4v) is 3.49. The first-order valence-corrected chi connectivity index (χ1v) is 9.05. The Labute approximate surface area is 146 Å². The highest BCUT2D eigenvalue weighted by atomic mass is 32.2. The van der Waals surface area contributed by atoms with Crippen LogP contribution in [0.2, 0.25) is 0 Å². The molecular weight excluding hydrogens is 336 g/mol. The molecule has 0 bridgehead atoms. The van der Waals surface area contributed by atoms with Crippen molar-refractivity contribution >= 4 is 20.9 Å². The standard InChI is InChI=1S/C19H16N2O3S/c1-24-17-11-3-2-7-15(17)9-6-14-21-25(22,23)18-12-4-8-16-10-5-13-20-19(16)18/h2-5,7-8,10-13,21H,14H2,1H3. The lowest BCUT2D eigenvalue weighted by molar-refractivity contribution is 0.413. The van der Waals surface area contributed by atoms with Crippen LogP contribution in [0.15, 0.2) is 65.7 Å². The SMILES string of the molecule is COc1ccccc1C#CCNS(=O)(=O)c1cccc2cccnc12. The number of ether oxygens (including phenoxy) is 1. The van der Waals surface area contributed by atoms with E-state index in [-0.39, 0.29) is 11.4 Å². The van der Waals surface area contributed by atoms with Crippen LogP contribution in [-0.2, 0) is 10.0 Å². The minimum Gasteiger partial charge on any atom is -0.495 e. The van der Waals surface area contributed by atoms with Crippen molar-refractivity contribution in [1.29, 1.82) is 0 Å². The Morgan fingerprint density at radius 2 is 1.88 bits per heavy atom. The molecule has 0 fully saturated rings. The highest BCUT2D eigenvalue weighted by Gasteiger charge is 2.16. The molecule has 0 aliphatic rings. The number of benzene rings is 2. The number of hydrogen-bond donors (Lipinski definition) is 1. The van der Waals surface area contributed by atoms with Gasteiger partial charge < -0.3 is 4.74 Å². The van der Waals surface area contributed by atoms with Crippen molar-refractivity contribution in [3.8, 4) is 17.6 Å². The van der Waals surface area contributed by atoms with Gasteiger partial charge in [0.05, 0.1) is 24.7 Å². The maximum atomic E-state index is 12.5. The van der Waals surface area contributed by atoms with E-state index < -0.39 is 10.0 Å². The number of fused-ring (bicyclic) bond motifs is 1. The first-order valence-electron chi connectivity index (χ1n) is 7.57. The number of nitrogens with one attached hydrogen (secondary N) is 1. The summed E-state index contributed by atoms with van der Waals surface area (Å²) in [6, 6.07) is 15.9. The number of nitrogens with zero attached hydrogens (tertiary/aromatic N) is 1. The summed E-state index contributed by atoms with van der Waals surface area (Å²) in [5.41, 5.74) is 1.14. The van der Waals surface area contributed by atoms with Gasteiger partial charge in [0.1, 0.15) is 10.6 Å². The van der Waals surface area contributed by atoms with Crippen LogP contribution in [0, 0.1) is 11.8 Å². The molecule has 2 aromatic carbocycles. The molecule has 0 aliphatic heterocycles. The summed E-state index contributed by atoms with van der Waals surface area (Å²) in [4.78, 5) is 4.32. The Bertz CT molecular complexity index is 1060. The molecule has 0 unspecified atom stereocenters. The Kier molecular flexibility index (Phi) is 4.98. The fraction of sp³-hybridized carbons (Fsp3) is 0.105. The van der Waals surface area contributed by atoms with E-state index >= 15 is 0 Å². The third-order valence-corrected chi connectivity index (χ3v) is 5.00. The number of methoxy groups -OCH3 is 1. The zero-order valence-corrected chi connectivity index (χ0v) is 14.4. The summed E-state index contributed by atoms with van der Waals surface area (Å²) < 4.78 is 32.8. The van der Waals surface area contributed by atoms with E-state index in [1.807, 2.05) is 30.3 Å². The second kappa shape index (κ2) is 7.34. The molecule has 3 aromatic rings. The normalized spacial score (nSPS) is 10.9. The Balaban J connectivity index is 1.80. The summed E-state index contributed by atoms with van der Waals surface area (Å²) >= 11 is 0. The molecule has 1 N–H and O–H groups in total. The molecule has 0 saturated heterocycles. The van der Waals surface area contributed by atoms with Crippen molar-refractivity contribution in [2.75, 3.05) is 13.7 Å². The average molecular weight is 352 g/mol. The van der Waals surface area contributed by atoms with Gasteiger partial charge in [-0.1, -0.05) is 42.2 Å². The number of hydrogen-bond acceptors (Lipinski definition) is 4. The summed E-state index contributed by atoms with van der Waals surface area (Å²) in [7, 11) is -2.14. The average Bonchev–Trinajstić information content (AvgIpc) is 2.65. The Morgan fingerprint density at radius 1 is 1.08 bits per heavy atom. The summed E-state index contributed by atoms with van der Waals surface area (Å²) in [5.74, 6) is 6.37. The van der Waals surface area contributed by atoms with Gasteiger partial charge in [-0.2, -0.15) is 4.72 Å². The van der Waals surface area contributed by atoms with Crippen LogP contribution in [0.25, 0.3) is 10.9 Å². The van der Waals surface area contributed by atoms with Gasteiger partial charge in [-0.15, -0.1) is 0 Å². The maximum absolute atomic E-state index is 12.5. The summed E-state index contributed by atoms with van der Waals surface area (Å²) in [5, 5.41) is 0.769. The first kappa shape index (κ1) is 17.0. The molecule has 0 saturated carbocycles. The molecule has 6 heteroatoms. The second-order valence-corrected chi connectivity index (χ2v) is 6.89. The maximum Gasteiger partial charge on any atom is 0.243 e. The Hall–Kier alpha value is -2.88. The highest BCUT2D eigenvalue weighted by Crippen LogP contribution is 2.20. The molecule has 0 aliphatic carbocycles. The number of rotatable bonds is 4. The van der Waals surface area contributed by atoms with Gasteiger partial charge in [0.15, 0.2) is 0 Å². The lowest BCUT2D eigenvalue weighted by Crippen LogP contribution is -2.24. The number of para-hydroxylation sites is 2. The van der Waals surface area contributed by atoms with Gasteiger partial charge in [0.2, 0.25) is 10.0 Å². The van der Waals surface area contributed by atoms with E-state index in [1.165, 1.54) is 6.07 Å². The van der Waals surface area contributed by atoms with E-state index in [0.717, 1.165) is 5.39 Å².